The van der Waals surface area contributed by atoms with Gasteiger partial charge in [-0.15, -0.1) is 5.10 Å². The quantitative estimate of drug-likeness (QED) is 0.427. The Morgan fingerprint density at radius 2 is 2.15 bits per heavy atom. The maximum absolute atomic E-state index is 5.50. The molecule has 116 valence electrons. The van der Waals surface area contributed by atoms with Gasteiger partial charge in [0.15, 0.2) is 0 Å². The molecule has 0 aliphatic heterocycles. The van der Waals surface area contributed by atoms with E-state index < -0.39 is 0 Å². The fourth-order valence-corrected chi connectivity index (χ4v) is 2.28. The minimum atomic E-state index is 0.704. The predicted molar refractivity (Wildman–Crippen MR) is 79.0 cm³/mol. The molecule has 0 aromatic carbocycles. The Balaban J connectivity index is 2.09. The molecule has 0 aliphatic rings. The van der Waals surface area contributed by atoms with Crippen LogP contribution in [0.2, 0.25) is 0 Å². The van der Waals surface area contributed by atoms with Crippen LogP contribution in [-0.2, 0) is 16.0 Å². The molecule has 0 atom stereocenters. The summed E-state index contributed by atoms with van der Waals surface area (Å²) >= 11 is 1.62. The molecule has 1 N–H and O–H groups in total. The van der Waals surface area contributed by atoms with Crippen molar-refractivity contribution in [1.82, 2.24) is 25.5 Å². The predicted octanol–water partition coefficient (Wildman–Crippen LogP) is 0.818. The van der Waals surface area contributed by atoms with Gasteiger partial charge >= 0.3 is 0 Å². The highest BCUT2D eigenvalue weighted by atomic mass is 32.2. The summed E-state index contributed by atoms with van der Waals surface area (Å²) in [6.45, 7) is 7.05. The van der Waals surface area contributed by atoms with Gasteiger partial charge in [-0.2, -0.15) is 0 Å². The number of thioether (sulfide) groups is 1. The first-order valence-corrected chi connectivity index (χ1v) is 8.03. The zero-order valence-corrected chi connectivity index (χ0v) is 13.2. The fraction of sp³-hybridized carbons (Fsp3) is 0.917. The van der Waals surface area contributed by atoms with Gasteiger partial charge in [0.2, 0.25) is 5.16 Å². The van der Waals surface area contributed by atoms with Gasteiger partial charge in [-0.05, 0) is 29.8 Å². The molecule has 1 aromatic rings. The topological polar surface area (TPSA) is 74.1 Å². The normalized spacial score (nSPS) is 11.1. The number of nitrogens with one attached hydrogen (secondary N) is 1. The van der Waals surface area contributed by atoms with Gasteiger partial charge in [0.25, 0.3) is 0 Å². The molecule has 0 bridgehead atoms. The number of aromatic nitrogens is 4. The number of tetrazole rings is 1. The van der Waals surface area contributed by atoms with Gasteiger partial charge in [0.1, 0.15) is 0 Å². The number of nitrogens with zero attached hydrogens (tertiary/aromatic N) is 4. The van der Waals surface area contributed by atoms with E-state index in [9.17, 15) is 0 Å². The maximum Gasteiger partial charge on any atom is 0.209 e. The van der Waals surface area contributed by atoms with Crippen molar-refractivity contribution in [1.29, 1.82) is 0 Å². The van der Waals surface area contributed by atoms with Gasteiger partial charge in [-0.3, -0.25) is 0 Å². The molecule has 1 heterocycles. The maximum atomic E-state index is 5.50. The van der Waals surface area contributed by atoms with Gasteiger partial charge in [-0.1, -0.05) is 18.7 Å². The van der Waals surface area contributed by atoms with Crippen molar-refractivity contribution in [3.63, 3.8) is 0 Å². The van der Waals surface area contributed by atoms with Crippen molar-refractivity contribution in [3.05, 3.63) is 0 Å². The molecule has 0 unspecified atom stereocenters. The van der Waals surface area contributed by atoms with Crippen LogP contribution in [-0.4, -0.2) is 66.0 Å². The van der Waals surface area contributed by atoms with Gasteiger partial charge in [0.05, 0.1) is 13.2 Å². The van der Waals surface area contributed by atoms with E-state index in [1.54, 1.807) is 18.9 Å². The summed E-state index contributed by atoms with van der Waals surface area (Å²) in [5.74, 6) is 0.857. The van der Waals surface area contributed by atoms with E-state index >= 15 is 0 Å². The van der Waals surface area contributed by atoms with Crippen molar-refractivity contribution in [2.75, 3.05) is 45.8 Å². The van der Waals surface area contributed by atoms with Crippen LogP contribution in [0.15, 0.2) is 5.16 Å². The fourth-order valence-electron chi connectivity index (χ4n) is 1.53. The largest absolute Gasteiger partial charge is 0.385 e. The highest BCUT2D eigenvalue weighted by molar-refractivity contribution is 7.99. The summed E-state index contributed by atoms with van der Waals surface area (Å²) in [7, 11) is 1.70. The monoisotopic (exact) mass is 303 g/mol. The number of methoxy groups -OCH3 is 1. The van der Waals surface area contributed by atoms with Crippen LogP contribution in [0.1, 0.15) is 19.8 Å². The summed E-state index contributed by atoms with van der Waals surface area (Å²) < 4.78 is 12.3. The molecule has 8 heteroatoms. The third kappa shape index (κ3) is 7.78. The van der Waals surface area contributed by atoms with Crippen molar-refractivity contribution >= 4 is 11.8 Å². The summed E-state index contributed by atoms with van der Waals surface area (Å²) in [5, 5.41) is 15.9. The molecule has 0 fully saturated rings. The molecule has 1 aromatic heterocycles. The summed E-state index contributed by atoms with van der Waals surface area (Å²) in [6, 6.07) is 0. The Bertz CT molecular complexity index is 337. The summed E-state index contributed by atoms with van der Waals surface area (Å²) in [4.78, 5) is 0. The number of hydrogen-bond donors (Lipinski definition) is 1. The first-order valence-electron chi connectivity index (χ1n) is 7.04. The number of rotatable bonds is 13. The second-order valence-corrected chi connectivity index (χ2v) is 5.30. The second kappa shape index (κ2) is 12.1. The molecule has 0 saturated heterocycles. The summed E-state index contributed by atoms with van der Waals surface area (Å²) in [5.41, 5.74) is 0. The van der Waals surface area contributed by atoms with Crippen molar-refractivity contribution in [2.45, 2.75) is 31.5 Å². The number of ether oxygens (including phenoxy) is 2. The Morgan fingerprint density at radius 1 is 1.25 bits per heavy atom. The van der Waals surface area contributed by atoms with Gasteiger partial charge in [-0.25, -0.2) is 4.68 Å². The van der Waals surface area contributed by atoms with Gasteiger partial charge < -0.3 is 14.8 Å². The molecule has 0 aliphatic carbocycles. The van der Waals surface area contributed by atoms with Crippen LogP contribution in [0, 0.1) is 0 Å². The SMILES string of the molecule is CCCNCCn1nnnc1SCCOCCCOC. The van der Waals surface area contributed by atoms with Crippen LogP contribution < -0.4 is 5.32 Å². The van der Waals surface area contributed by atoms with Crippen molar-refractivity contribution in [2.24, 2.45) is 0 Å². The zero-order valence-electron chi connectivity index (χ0n) is 12.4. The third-order valence-electron chi connectivity index (χ3n) is 2.52. The van der Waals surface area contributed by atoms with Crippen LogP contribution in [0.25, 0.3) is 0 Å². The Labute approximate surface area is 124 Å². The van der Waals surface area contributed by atoms with Crippen LogP contribution in [0.5, 0.6) is 0 Å². The molecular formula is C12H25N5O2S. The molecule has 1 rings (SSSR count). The highest BCUT2D eigenvalue weighted by Gasteiger charge is 2.05. The minimum Gasteiger partial charge on any atom is -0.385 e. The first kappa shape index (κ1) is 17.4. The summed E-state index contributed by atoms with van der Waals surface area (Å²) in [6.07, 6.45) is 2.07. The molecule has 20 heavy (non-hydrogen) atoms. The van der Waals surface area contributed by atoms with Gasteiger partial charge in [0, 0.05) is 32.6 Å². The van der Waals surface area contributed by atoms with E-state index in [0.717, 1.165) is 56.6 Å². The lowest BCUT2D eigenvalue weighted by Crippen LogP contribution is -2.21. The van der Waals surface area contributed by atoms with Crippen LogP contribution >= 0.6 is 11.8 Å². The Kier molecular flexibility index (Phi) is 10.5. The molecule has 7 nitrogen and oxygen atoms in total. The highest BCUT2D eigenvalue weighted by Crippen LogP contribution is 2.12. The number of hydrogen-bond acceptors (Lipinski definition) is 7. The van der Waals surface area contributed by atoms with E-state index in [-0.39, 0.29) is 0 Å². The lowest BCUT2D eigenvalue weighted by atomic mass is 10.5. The smallest absolute Gasteiger partial charge is 0.209 e. The second-order valence-electron chi connectivity index (χ2n) is 4.24. The molecular weight excluding hydrogens is 278 g/mol. The standard InChI is InChI=1S/C12H25N5O2S/c1-3-5-13-6-7-17-12(14-15-16-17)20-11-10-19-9-4-8-18-2/h13H,3-11H2,1-2H3. The average molecular weight is 303 g/mol. The molecule has 0 spiro atoms. The van der Waals surface area contributed by atoms with Crippen LogP contribution in [0.3, 0.4) is 0 Å². The average Bonchev–Trinajstić information content (AvgIpc) is 2.90. The lowest BCUT2D eigenvalue weighted by Gasteiger charge is -2.06. The van der Waals surface area contributed by atoms with E-state index in [4.69, 9.17) is 9.47 Å². The Morgan fingerprint density at radius 3 is 2.95 bits per heavy atom. The lowest BCUT2D eigenvalue weighted by molar-refractivity contribution is 0.113. The van der Waals surface area contributed by atoms with Crippen LogP contribution in [0.4, 0.5) is 0 Å². The third-order valence-corrected chi connectivity index (χ3v) is 3.44. The van der Waals surface area contributed by atoms with E-state index in [1.807, 2.05) is 4.68 Å². The Hall–Kier alpha value is -0.700. The van der Waals surface area contributed by atoms with Crippen molar-refractivity contribution in [3.8, 4) is 0 Å². The van der Waals surface area contributed by atoms with E-state index in [1.165, 1.54) is 0 Å². The van der Waals surface area contributed by atoms with E-state index in [0.29, 0.717) is 6.61 Å². The zero-order chi connectivity index (χ0) is 14.5. The first-order chi connectivity index (χ1) is 9.88. The molecule has 0 saturated carbocycles. The minimum absolute atomic E-state index is 0.704. The van der Waals surface area contributed by atoms with Crippen molar-refractivity contribution < 1.29 is 9.47 Å². The molecule has 0 radical (unpaired) electrons. The molecule has 0 amide bonds. The van der Waals surface area contributed by atoms with E-state index in [2.05, 4.69) is 27.8 Å².